The summed E-state index contributed by atoms with van der Waals surface area (Å²) < 4.78 is 38.2. The minimum atomic E-state index is -4.45. The van der Waals surface area contributed by atoms with E-state index in [1.807, 2.05) is 0 Å². The Hall–Kier alpha value is -1.70. The SMILES string of the molecule is FC(F)(F)c1cc(=S)n(-c2ccncn2)[nH]1. The van der Waals surface area contributed by atoms with E-state index in [1.54, 1.807) is 0 Å². The van der Waals surface area contributed by atoms with Gasteiger partial charge in [0.05, 0.1) is 0 Å². The van der Waals surface area contributed by atoms with Crippen molar-refractivity contribution < 1.29 is 13.2 Å². The number of aromatic nitrogens is 4. The lowest BCUT2D eigenvalue weighted by Gasteiger charge is -2.03. The van der Waals surface area contributed by atoms with Crippen LogP contribution in [0.15, 0.2) is 24.7 Å². The van der Waals surface area contributed by atoms with Gasteiger partial charge in [-0.25, -0.2) is 14.6 Å². The highest BCUT2D eigenvalue weighted by Gasteiger charge is 2.33. The molecule has 16 heavy (non-hydrogen) atoms. The molecule has 2 aromatic rings. The molecule has 0 saturated carbocycles. The largest absolute Gasteiger partial charge is 0.432 e. The Morgan fingerprint density at radius 1 is 1.38 bits per heavy atom. The molecule has 2 rings (SSSR count). The van der Waals surface area contributed by atoms with Crippen LogP contribution in [-0.2, 0) is 6.18 Å². The van der Waals surface area contributed by atoms with Gasteiger partial charge in [0.25, 0.3) is 0 Å². The first-order valence-corrected chi connectivity index (χ1v) is 4.55. The first-order valence-electron chi connectivity index (χ1n) is 4.14. The fraction of sp³-hybridized carbons (Fsp3) is 0.125. The van der Waals surface area contributed by atoms with Crippen molar-refractivity contribution in [3.63, 3.8) is 0 Å². The maximum atomic E-state index is 12.4. The second-order valence-electron chi connectivity index (χ2n) is 2.91. The Morgan fingerprint density at radius 2 is 2.12 bits per heavy atom. The predicted molar refractivity (Wildman–Crippen MR) is 51.5 cm³/mol. The summed E-state index contributed by atoms with van der Waals surface area (Å²) in [6.07, 6.45) is -1.81. The van der Waals surface area contributed by atoms with Gasteiger partial charge in [-0.05, 0) is 0 Å². The molecule has 0 amide bonds. The Morgan fingerprint density at radius 3 is 2.62 bits per heavy atom. The zero-order valence-corrected chi connectivity index (χ0v) is 8.51. The van der Waals surface area contributed by atoms with E-state index >= 15 is 0 Å². The molecule has 2 aromatic heterocycles. The van der Waals surface area contributed by atoms with E-state index in [1.165, 1.54) is 18.6 Å². The van der Waals surface area contributed by atoms with E-state index in [0.29, 0.717) is 0 Å². The topological polar surface area (TPSA) is 46.5 Å². The molecule has 8 heteroatoms. The lowest BCUT2D eigenvalue weighted by molar-refractivity contribution is -0.141. The lowest BCUT2D eigenvalue weighted by atomic mass is 10.4. The normalized spacial score (nSPS) is 11.7. The van der Waals surface area contributed by atoms with E-state index in [2.05, 4.69) is 15.1 Å². The van der Waals surface area contributed by atoms with Gasteiger partial charge in [0, 0.05) is 18.3 Å². The van der Waals surface area contributed by atoms with Crippen LogP contribution < -0.4 is 0 Å². The number of hydrogen-bond donors (Lipinski definition) is 1. The van der Waals surface area contributed by atoms with Crippen molar-refractivity contribution in [1.82, 2.24) is 19.7 Å². The number of rotatable bonds is 1. The third-order valence-corrected chi connectivity index (χ3v) is 2.12. The van der Waals surface area contributed by atoms with Gasteiger partial charge in [-0.2, -0.15) is 13.2 Å². The van der Waals surface area contributed by atoms with Crippen molar-refractivity contribution in [1.29, 1.82) is 0 Å². The van der Waals surface area contributed by atoms with Crippen LogP contribution in [0, 0.1) is 4.64 Å². The summed E-state index contributed by atoms with van der Waals surface area (Å²) in [6.45, 7) is 0. The fourth-order valence-corrected chi connectivity index (χ4v) is 1.38. The molecule has 0 saturated heterocycles. The highest BCUT2D eigenvalue weighted by molar-refractivity contribution is 7.71. The van der Waals surface area contributed by atoms with Crippen LogP contribution in [0.3, 0.4) is 0 Å². The van der Waals surface area contributed by atoms with E-state index in [4.69, 9.17) is 12.2 Å². The van der Waals surface area contributed by atoms with Crippen molar-refractivity contribution in [2.24, 2.45) is 0 Å². The molecule has 0 atom stereocenters. The van der Waals surface area contributed by atoms with E-state index < -0.39 is 11.9 Å². The molecule has 0 aliphatic carbocycles. The molecule has 84 valence electrons. The van der Waals surface area contributed by atoms with Crippen molar-refractivity contribution in [2.45, 2.75) is 6.18 Å². The standard InChI is InChI=1S/C8H5F3N4S/c9-8(10,11)5-3-7(16)15(14-5)6-1-2-12-4-13-6/h1-4,14H. The molecule has 0 aliphatic rings. The van der Waals surface area contributed by atoms with Gasteiger partial charge in [0.1, 0.15) is 16.7 Å². The molecule has 0 bridgehead atoms. The van der Waals surface area contributed by atoms with E-state index in [9.17, 15) is 13.2 Å². The second kappa shape index (κ2) is 3.71. The van der Waals surface area contributed by atoms with E-state index in [0.717, 1.165) is 10.7 Å². The van der Waals surface area contributed by atoms with Gasteiger partial charge in [0.15, 0.2) is 5.82 Å². The predicted octanol–water partition coefficient (Wildman–Crippen LogP) is 2.34. The zero-order valence-electron chi connectivity index (χ0n) is 7.69. The van der Waals surface area contributed by atoms with Crippen molar-refractivity contribution in [2.75, 3.05) is 0 Å². The maximum absolute atomic E-state index is 12.4. The fourth-order valence-electron chi connectivity index (χ4n) is 1.13. The highest BCUT2D eigenvalue weighted by Crippen LogP contribution is 2.28. The molecule has 0 fully saturated rings. The van der Waals surface area contributed by atoms with Gasteiger partial charge in [-0.3, -0.25) is 5.10 Å². The first kappa shape index (κ1) is 10.8. The molecular formula is C8H5F3N4S. The molecule has 1 N–H and O–H groups in total. The second-order valence-corrected chi connectivity index (χ2v) is 3.33. The van der Waals surface area contributed by atoms with Crippen molar-refractivity contribution in [3.8, 4) is 5.82 Å². The summed E-state index contributed by atoms with van der Waals surface area (Å²) in [6, 6.07) is 2.30. The number of alkyl halides is 3. The first-order chi connectivity index (χ1) is 7.48. The van der Waals surface area contributed by atoms with Crippen LogP contribution in [0.5, 0.6) is 0 Å². The maximum Gasteiger partial charge on any atom is 0.432 e. The molecule has 0 aromatic carbocycles. The smallest absolute Gasteiger partial charge is 0.287 e. The highest BCUT2D eigenvalue weighted by atomic mass is 32.1. The Kier molecular flexibility index (Phi) is 2.50. The average Bonchev–Trinajstić information content (AvgIpc) is 2.61. The molecule has 4 nitrogen and oxygen atoms in total. The summed E-state index contributed by atoms with van der Waals surface area (Å²) in [5.74, 6) is 0.260. The minimum Gasteiger partial charge on any atom is -0.287 e. The average molecular weight is 246 g/mol. The third kappa shape index (κ3) is 1.96. The molecule has 0 radical (unpaired) electrons. The van der Waals surface area contributed by atoms with Crippen LogP contribution in [0.1, 0.15) is 5.69 Å². The molecule has 0 aliphatic heterocycles. The van der Waals surface area contributed by atoms with Crippen LogP contribution in [-0.4, -0.2) is 19.7 Å². The van der Waals surface area contributed by atoms with Gasteiger partial charge >= 0.3 is 6.18 Å². The summed E-state index contributed by atoms with van der Waals surface area (Å²) in [5, 5.41) is 2.13. The van der Waals surface area contributed by atoms with Crippen LogP contribution in [0.25, 0.3) is 5.82 Å². The quantitative estimate of drug-likeness (QED) is 0.785. The van der Waals surface area contributed by atoms with Crippen LogP contribution in [0.4, 0.5) is 13.2 Å². The monoisotopic (exact) mass is 246 g/mol. The number of aromatic amines is 1. The number of nitrogens with one attached hydrogen (secondary N) is 1. The molecule has 0 spiro atoms. The number of nitrogens with zero attached hydrogens (tertiary/aromatic N) is 3. The summed E-state index contributed by atoms with van der Waals surface area (Å²) in [5.41, 5.74) is -0.906. The Labute approximate surface area is 92.8 Å². The zero-order chi connectivity index (χ0) is 11.8. The number of halogens is 3. The summed E-state index contributed by atoms with van der Waals surface area (Å²) in [7, 11) is 0. The number of hydrogen-bond acceptors (Lipinski definition) is 3. The molecular weight excluding hydrogens is 241 g/mol. The van der Waals surface area contributed by atoms with Crippen LogP contribution >= 0.6 is 12.2 Å². The van der Waals surface area contributed by atoms with Gasteiger partial charge in [-0.1, -0.05) is 12.2 Å². The lowest BCUT2D eigenvalue weighted by Crippen LogP contribution is -2.07. The van der Waals surface area contributed by atoms with Gasteiger partial charge in [-0.15, -0.1) is 0 Å². The summed E-state index contributed by atoms with van der Waals surface area (Å²) in [4.78, 5) is 7.45. The van der Waals surface area contributed by atoms with Crippen molar-refractivity contribution >= 4 is 12.2 Å². The van der Waals surface area contributed by atoms with E-state index in [-0.39, 0.29) is 10.5 Å². The third-order valence-electron chi connectivity index (χ3n) is 1.82. The van der Waals surface area contributed by atoms with Gasteiger partial charge < -0.3 is 0 Å². The Balaban J connectivity index is 2.53. The van der Waals surface area contributed by atoms with Crippen molar-refractivity contribution in [3.05, 3.63) is 35.0 Å². The Bertz CT molecular complexity index is 542. The number of H-pyrrole nitrogens is 1. The summed E-state index contributed by atoms with van der Waals surface area (Å²) >= 11 is 4.80. The molecule has 0 unspecified atom stereocenters. The molecule has 2 heterocycles. The van der Waals surface area contributed by atoms with Crippen LogP contribution in [0.2, 0.25) is 0 Å². The van der Waals surface area contributed by atoms with Gasteiger partial charge in [0.2, 0.25) is 0 Å². The minimum absolute atomic E-state index is 0.00558.